The summed E-state index contributed by atoms with van der Waals surface area (Å²) >= 11 is 0. The van der Waals surface area contributed by atoms with E-state index in [4.69, 9.17) is 5.73 Å². The van der Waals surface area contributed by atoms with Crippen LogP contribution in [0.5, 0.6) is 0 Å². The number of nitrogens with two attached hydrogens (primary N) is 1. The Morgan fingerprint density at radius 1 is 0.889 bits per heavy atom. The molecular formula is C16H24N2. The average Bonchev–Trinajstić information content (AvgIpc) is 2.71. The van der Waals surface area contributed by atoms with Gasteiger partial charge < -0.3 is 5.73 Å². The van der Waals surface area contributed by atoms with Crippen molar-refractivity contribution < 1.29 is 0 Å². The Hall–Kier alpha value is -1.02. The van der Waals surface area contributed by atoms with Crippen LogP contribution in [0.1, 0.15) is 56.1 Å². The fourth-order valence-electron chi connectivity index (χ4n) is 3.50. The lowest BCUT2D eigenvalue weighted by Crippen LogP contribution is -2.31. The van der Waals surface area contributed by atoms with Gasteiger partial charge in [-0.15, -0.1) is 0 Å². The van der Waals surface area contributed by atoms with Crippen LogP contribution in [0.4, 0.5) is 5.69 Å². The first-order chi connectivity index (χ1) is 8.83. The molecular weight excluding hydrogens is 220 g/mol. The zero-order valence-electron chi connectivity index (χ0n) is 11.2. The average molecular weight is 244 g/mol. The monoisotopic (exact) mass is 244 g/mol. The van der Waals surface area contributed by atoms with E-state index in [1.165, 1.54) is 56.1 Å². The van der Waals surface area contributed by atoms with Gasteiger partial charge in [-0.1, -0.05) is 38.2 Å². The van der Waals surface area contributed by atoms with Gasteiger partial charge in [-0.3, -0.25) is 4.90 Å². The normalized spacial score (nSPS) is 22.4. The summed E-state index contributed by atoms with van der Waals surface area (Å²) < 4.78 is 0. The molecule has 0 radical (unpaired) electrons. The Morgan fingerprint density at radius 3 is 2.33 bits per heavy atom. The van der Waals surface area contributed by atoms with Crippen molar-refractivity contribution in [2.45, 2.75) is 64.1 Å². The van der Waals surface area contributed by atoms with Crippen LogP contribution in [-0.4, -0.2) is 10.9 Å². The van der Waals surface area contributed by atoms with Crippen LogP contribution >= 0.6 is 0 Å². The molecule has 2 nitrogen and oxygen atoms in total. The number of hydrogen-bond acceptors (Lipinski definition) is 2. The molecule has 1 aliphatic heterocycles. The van der Waals surface area contributed by atoms with Crippen LogP contribution in [0.25, 0.3) is 0 Å². The SMILES string of the molecule is Nc1ccc2c(c1)CN(C1CCCCCCC1)C2. The van der Waals surface area contributed by atoms with E-state index >= 15 is 0 Å². The molecule has 2 N–H and O–H groups in total. The van der Waals surface area contributed by atoms with Gasteiger partial charge in [0.05, 0.1) is 0 Å². The molecule has 2 aliphatic rings. The van der Waals surface area contributed by atoms with E-state index in [9.17, 15) is 0 Å². The molecule has 98 valence electrons. The molecule has 0 amide bonds. The number of nitrogens with zero attached hydrogens (tertiary/aromatic N) is 1. The van der Waals surface area contributed by atoms with Crippen molar-refractivity contribution >= 4 is 5.69 Å². The molecule has 1 saturated carbocycles. The van der Waals surface area contributed by atoms with E-state index in [-0.39, 0.29) is 0 Å². The molecule has 0 saturated heterocycles. The minimum absolute atomic E-state index is 0.805. The van der Waals surface area contributed by atoms with Gasteiger partial charge in [0.2, 0.25) is 0 Å². The smallest absolute Gasteiger partial charge is 0.0317 e. The van der Waals surface area contributed by atoms with Gasteiger partial charge >= 0.3 is 0 Å². The fraction of sp³-hybridized carbons (Fsp3) is 0.625. The van der Waals surface area contributed by atoms with Gasteiger partial charge in [-0.05, 0) is 36.1 Å². The van der Waals surface area contributed by atoms with Crippen molar-refractivity contribution in [2.75, 3.05) is 5.73 Å². The second-order valence-electron chi connectivity index (χ2n) is 5.93. The van der Waals surface area contributed by atoms with Gasteiger partial charge in [-0.25, -0.2) is 0 Å². The minimum Gasteiger partial charge on any atom is -0.399 e. The van der Waals surface area contributed by atoms with Crippen LogP contribution in [0.15, 0.2) is 18.2 Å². The molecule has 0 aromatic heterocycles. The summed E-state index contributed by atoms with van der Waals surface area (Å²) in [5, 5.41) is 0. The van der Waals surface area contributed by atoms with E-state index in [0.29, 0.717) is 0 Å². The van der Waals surface area contributed by atoms with Gasteiger partial charge in [0.1, 0.15) is 0 Å². The zero-order valence-corrected chi connectivity index (χ0v) is 11.2. The maximum Gasteiger partial charge on any atom is 0.0317 e. The lowest BCUT2D eigenvalue weighted by Gasteiger charge is -2.29. The minimum atomic E-state index is 0.805. The quantitative estimate of drug-likeness (QED) is 0.763. The first-order valence-corrected chi connectivity index (χ1v) is 7.44. The zero-order chi connectivity index (χ0) is 12.4. The third-order valence-corrected chi connectivity index (χ3v) is 4.57. The van der Waals surface area contributed by atoms with Gasteiger partial charge in [0.25, 0.3) is 0 Å². The van der Waals surface area contributed by atoms with E-state index in [0.717, 1.165) is 24.8 Å². The van der Waals surface area contributed by atoms with Gasteiger partial charge in [-0.2, -0.15) is 0 Å². The third-order valence-electron chi connectivity index (χ3n) is 4.57. The molecule has 2 heteroatoms. The lowest BCUT2D eigenvalue weighted by atomic mass is 9.96. The summed E-state index contributed by atoms with van der Waals surface area (Å²) in [6.45, 7) is 2.26. The second kappa shape index (κ2) is 5.31. The Labute approximate surface area is 110 Å². The number of nitrogen functional groups attached to an aromatic ring is 1. The molecule has 0 bridgehead atoms. The molecule has 0 atom stereocenters. The highest BCUT2D eigenvalue weighted by Gasteiger charge is 2.25. The summed E-state index contributed by atoms with van der Waals surface area (Å²) in [5.74, 6) is 0. The standard InChI is InChI=1S/C16H24N2/c17-15-9-8-13-11-18(12-14(13)10-15)16-6-4-2-1-3-5-7-16/h8-10,16H,1-7,11-12,17H2. The predicted octanol–water partition coefficient (Wildman–Crippen LogP) is 3.70. The highest BCUT2D eigenvalue weighted by Crippen LogP contribution is 2.30. The van der Waals surface area contributed by atoms with Gasteiger partial charge in [0.15, 0.2) is 0 Å². The molecule has 1 aliphatic carbocycles. The van der Waals surface area contributed by atoms with Crippen molar-refractivity contribution in [2.24, 2.45) is 0 Å². The van der Waals surface area contributed by atoms with Crippen molar-refractivity contribution in [1.82, 2.24) is 4.90 Å². The Balaban J connectivity index is 1.68. The maximum atomic E-state index is 5.88. The van der Waals surface area contributed by atoms with Crippen molar-refractivity contribution in [1.29, 1.82) is 0 Å². The predicted molar refractivity (Wildman–Crippen MR) is 76.2 cm³/mol. The molecule has 1 fully saturated rings. The highest BCUT2D eigenvalue weighted by atomic mass is 15.2. The van der Waals surface area contributed by atoms with E-state index in [1.54, 1.807) is 0 Å². The molecule has 1 aromatic rings. The molecule has 0 spiro atoms. The van der Waals surface area contributed by atoms with Crippen molar-refractivity contribution in [3.63, 3.8) is 0 Å². The largest absolute Gasteiger partial charge is 0.399 e. The Morgan fingerprint density at radius 2 is 1.56 bits per heavy atom. The van der Waals surface area contributed by atoms with Crippen LogP contribution in [-0.2, 0) is 13.1 Å². The lowest BCUT2D eigenvalue weighted by molar-refractivity contribution is 0.166. The van der Waals surface area contributed by atoms with Crippen LogP contribution in [0.2, 0.25) is 0 Å². The third kappa shape index (κ3) is 2.54. The Bertz CT molecular complexity index is 406. The summed E-state index contributed by atoms with van der Waals surface area (Å²) in [6, 6.07) is 7.23. The van der Waals surface area contributed by atoms with E-state index < -0.39 is 0 Å². The van der Waals surface area contributed by atoms with Crippen molar-refractivity contribution in [3.8, 4) is 0 Å². The van der Waals surface area contributed by atoms with Crippen LogP contribution in [0.3, 0.4) is 0 Å². The number of fused-ring (bicyclic) bond motifs is 1. The fourth-order valence-corrected chi connectivity index (χ4v) is 3.50. The maximum absolute atomic E-state index is 5.88. The van der Waals surface area contributed by atoms with Crippen molar-refractivity contribution in [3.05, 3.63) is 29.3 Å². The van der Waals surface area contributed by atoms with E-state index in [1.807, 2.05) is 6.07 Å². The molecule has 1 heterocycles. The first kappa shape index (κ1) is 12.0. The summed E-state index contributed by atoms with van der Waals surface area (Å²) in [6.07, 6.45) is 9.93. The second-order valence-corrected chi connectivity index (χ2v) is 5.93. The van der Waals surface area contributed by atoms with Gasteiger partial charge in [0, 0.05) is 24.8 Å². The number of hydrogen-bond donors (Lipinski definition) is 1. The topological polar surface area (TPSA) is 29.3 Å². The molecule has 1 aromatic carbocycles. The first-order valence-electron chi connectivity index (χ1n) is 7.44. The summed E-state index contributed by atoms with van der Waals surface area (Å²) in [7, 11) is 0. The summed E-state index contributed by atoms with van der Waals surface area (Å²) in [4.78, 5) is 2.68. The van der Waals surface area contributed by atoms with Crippen LogP contribution < -0.4 is 5.73 Å². The van der Waals surface area contributed by atoms with Crippen LogP contribution in [0, 0.1) is 0 Å². The molecule has 0 unspecified atom stereocenters. The number of anilines is 1. The molecule has 18 heavy (non-hydrogen) atoms. The number of rotatable bonds is 1. The van der Waals surface area contributed by atoms with E-state index in [2.05, 4.69) is 17.0 Å². The summed E-state index contributed by atoms with van der Waals surface area (Å²) in [5.41, 5.74) is 9.74. The number of benzene rings is 1. The Kier molecular flexibility index (Phi) is 3.55. The highest BCUT2D eigenvalue weighted by molar-refractivity contribution is 5.46. The molecule has 3 rings (SSSR count).